The molecule has 2 saturated heterocycles. The Bertz CT molecular complexity index is 1690. The topological polar surface area (TPSA) is 74.6 Å². The molecule has 4 aromatic rings. The first-order valence-electron chi connectivity index (χ1n) is 13.9. The standard InChI is InChI=1S/C31H29Cl3N6O2S/c1-19(15-21-3-5-22(32)6-4-21)28-20(2)27(36-40(28)26-8-7-23(33)16-25(26)34)30(41)39-17-24(18-39)37-10-12-38(13-11-37)31(42)29-35-9-14-43-29/h3-9,14-16,24H,10-13,17-18H2,1-2H3. The molecule has 222 valence electrons. The molecule has 43 heavy (non-hydrogen) atoms. The first-order valence-corrected chi connectivity index (χ1v) is 15.9. The minimum Gasteiger partial charge on any atom is -0.334 e. The van der Waals surface area contributed by atoms with E-state index in [0.717, 1.165) is 35.5 Å². The number of thiazole rings is 1. The molecule has 0 unspecified atom stereocenters. The number of hydrogen-bond donors (Lipinski definition) is 0. The van der Waals surface area contributed by atoms with E-state index in [-0.39, 0.29) is 17.9 Å². The lowest BCUT2D eigenvalue weighted by molar-refractivity contribution is 0.00817. The molecule has 2 aliphatic heterocycles. The van der Waals surface area contributed by atoms with Gasteiger partial charge in [-0.3, -0.25) is 14.5 Å². The van der Waals surface area contributed by atoms with Gasteiger partial charge in [-0.15, -0.1) is 11.3 Å². The van der Waals surface area contributed by atoms with E-state index >= 15 is 0 Å². The summed E-state index contributed by atoms with van der Waals surface area (Å²) in [4.78, 5) is 36.6. The number of benzene rings is 2. The van der Waals surface area contributed by atoms with E-state index in [1.807, 2.05) is 65.4 Å². The van der Waals surface area contributed by atoms with Crippen molar-refractivity contribution >= 4 is 69.6 Å². The SMILES string of the molecule is CC(=Cc1ccc(Cl)cc1)c1c(C)c(C(=O)N2CC(N3CCN(C(=O)c4nccs4)CC3)C2)nn1-c1ccc(Cl)cc1Cl. The van der Waals surface area contributed by atoms with Gasteiger partial charge in [0.1, 0.15) is 0 Å². The monoisotopic (exact) mass is 654 g/mol. The first kappa shape index (κ1) is 29.8. The zero-order valence-corrected chi connectivity index (χ0v) is 26.7. The van der Waals surface area contributed by atoms with Crippen molar-refractivity contribution in [1.29, 1.82) is 0 Å². The lowest BCUT2D eigenvalue weighted by Crippen LogP contribution is -2.64. The number of carbonyl (C=O) groups is 2. The zero-order valence-electron chi connectivity index (χ0n) is 23.6. The van der Waals surface area contributed by atoms with Crippen LogP contribution in [-0.4, -0.2) is 86.6 Å². The molecule has 0 bridgehead atoms. The summed E-state index contributed by atoms with van der Waals surface area (Å²) >= 11 is 20.3. The van der Waals surface area contributed by atoms with Gasteiger partial charge in [-0.1, -0.05) is 46.9 Å². The smallest absolute Gasteiger partial charge is 0.282 e. The third-order valence-electron chi connectivity index (χ3n) is 7.97. The van der Waals surface area contributed by atoms with E-state index in [9.17, 15) is 9.59 Å². The van der Waals surface area contributed by atoms with Crippen LogP contribution < -0.4 is 0 Å². The van der Waals surface area contributed by atoms with Crippen molar-refractivity contribution in [2.75, 3.05) is 39.3 Å². The molecule has 12 heteroatoms. The van der Waals surface area contributed by atoms with E-state index in [2.05, 4.69) is 9.88 Å². The second-order valence-corrected chi connectivity index (χ2v) is 12.9. The van der Waals surface area contributed by atoms with Crippen LogP contribution in [0.15, 0.2) is 54.0 Å². The highest BCUT2D eigenvalue weighted by Crippen LogP contribution is 2.32. The highest BCUT2D eigenvalue weighted by Gasteiger charge is 2.39. The Morgan fingerprint density at radius 1 is 0.930 bits per heavy atom. The quantitative estimate of drug-likeness (QED) is 0.239. The van der Waals surface area contributed by atoms with Gasteiger partial charge in [0.15, 0.2) is 10.7 Å². The molecule has 4 heterocycles. The summed E-state index contributed by atoms with van der Waals surface area (Å²) in [5.74, 6) is -0.126. The van der Waals surface area contributed by atoms with Crippen molar-refractivity contribution in [3.63, 3.8) is 0 Å². The van der Waals surface area contributed by atoms with Crippen molar-refractivity contribution in [3.05, 3.63) is 96.6 Å². The lowest BCUT2D eigenvalue weighted by Gasteiger charge is -2.47. The maximum atomic E-state index is 13.8. The van der Waals surface area contributed by atoms with E-state index in [4.69, 9.17) is 39.9 Å². The summed E-state index contributed by atoms with van der Waals surface area (Å²) in [5.41, 5.74) is 4.49. The molecule has 2 aromatic heterocycles. The molecule has 0 N–H and O–H groups in total. The van der Waals surface area contributed by atoms with Crippen molar-refractivity contribution in [1.82, 2.24) is 29.5 Å². The molecule has 0 saturated carbocycles. The van der Waals surface area contributed by atoms with Crippen LogP contribution in [0.5, 0.6) is 0 Å². The summed E-state index contributed by atoms with van der Waals surface area (Å²) in [7, 11) is 0. The molecule has 6 rings (SSSR count). The van der Waals surface area contributed by atoms with Gasteiger partial charge < -0.3 is 9.80 Å². The molecular weight excluding hydrogens is 627 g/mol. The Balaban J connectivity index is 1.20. The van der Waals surface area contributed by atoms with Gasteiger partial charge in [0.25, 0.3) is 11.8 Å². The second-order valence-electron chi connectivity index (χ2n) is 10.7. The molecule has 2 aromatic carbocycles. The van der Waals surface area contributed by atoms with Crippen LogP contribution in [0, 0.1) is 6.92 Å². The number of piperazine rings is 1. The average molecular weight is 656 g/mol. The van der Waals surface area contributed by atoms with Crippen LogP contribution in [0.4, 0.5) is 0 Å². The summed E-state index contributed by atoms with van der Waals surface area (Å²) < 4.78 is 1.74. The predicted octanol–water partition coefficient (Wildman–Crippen LogP) is 6.44. The molecule has 8 nitrogen and oxygen atoms in total. The van der Waals surface area contributed by atoms with Crippen molar-refractivity contribution in [3.8, 4) is 5.69 Å². The number of carbonyl (C=O) groups excluding carboxylic acids is 2. The number of rotatable bonds is 6. The second kappa shape index (κ2) is 12.4. The molecular formula is C31H29Cl3N6O2S. The van der Waals surface area contributed by atoms with E-state index in [1.54, 1.807) is 23.0 Å². The maximum Gasteiger partial charge on any atom is 0.282 e. The molecule has 0 radical (unpaired) electrons. The average Bonchev–Trinajstić information content (AvgIpc) is 3.62. The summed E-state index contributed by atoms with van der Waals surface area (Å²) in [5, 5.41) is 8.78. The normalized spacial score (nSPS) is 16.4. The van der Waals surface area contributed by atoms with Crippen molar-refractivity contribution in [2.24, 2.45) is 0 Å². The number of nitrogens with zero attached hydrogens (tertiary/aromatic N) is 6. The highest BCUT2D eigenvalue weighted by atomic mass is 35.5. The van der Waals surface area contributed by atoms with Crippen LogP contribution in [0.2, 0.25) is 15.1 Å². The number of halogens is 3. The van der Waals surface area contributed by atoms with Crippen LogP contribution >= 0.6 is 46.1 Å². The molecule has 2 fully saturated rings. The van der Waals surface area contributed by atoms with Crippen LogP contribution in [0.1, 0.15) is 44.0 Å². The molecule has 0 aliphatic carbocycles. The fourth-order valence-corrected chi connectivity index (χ4v) is 6.84. The van der Waals surface area contributed by atoms with Gasteiger partial charge in [-0.2, -0.15) is 5.10 Å². The number of amides is 2. The van der Waals surface area contributed by atoms with E-state index < -0.39 is 0 Å². The fraction of sp³-hybridized carbons (Fsp3) is 0.290. The Labute approximate surface area is 269 Å². The van der Waals surface area contributed by atoms with E-state index in [1.165, 1.54) is 11.3 Å². The third-order valence-corrected chi connectivity index (χ3v) is 9.52. The Morgan fingerprint density at radius 2 is 1.63 bits per heavy atom. The minimum atomic E-state index is -0.115. The first-order chi connectivity index (χ1) is 20.7. The number of likely N-dealkylation sites (tertiary alicyclic amines) is 1. The van der Waals surface area contributed by atoms with Gasteiger partial charge in [0.2, 0.25) is 0 Å². The molecule has 0 atom stereocenters. The maximum absolute atomic E-state index is 13.8. The van der Waals surface area contributed by atoms with Gasteiger partial charge in [-0.25, -0.2) is 9.67 Å². The predicted molar refractivity (Wildman–Crippen MR) is 173 cm³/mol. The van der Waals surface area contributed by atoms with Crippen LogP contribution in [0.3, 0.4) is 0 Å². The van der Waals surface area contributed by atoms with Crippen molar-refractivity contribution < 1.29 is 9.59 Å². The molecule has 0 spiro atoms. The summed E-state index contributed by atoms with van der Waals surface area (Å²) in [6.45, 7) is 7.98. The molecule has 2 aliphatic rings. The number of aromatic nitrogens is 3. The third kappa shape index (κ3) is 6.10. The number of hydrogen-bond acceptors (Lipinski definition) is 6. The summed E-state index contributed by atoms with van der Waals surface area (Å²) in [6.07, 6.45) is 3.69. The van der Waals surface area contributed by atoms with Gasteiger partial charge in [0, 0.05) is 72.5 Å². The van der Waals surface area contributed by atoms with Gasteiger partial charge in [-0.05, 0) is 61.4 Å². The number of allylic oxidation sites excluding steroid dienone is 1. The largest absolute Gasteiger partial charge is 0.334 e. The fourth-order valence-electron chi connectivity index (χ4n) is 5.62. The Hall–Kier alpha value is -3.21. The van der Waals surface area contributed by atoms with Gasteiger partial charge >= 0.3 is 0 Å². The zero-order chi connectivity index (χ0) is 30.2. The van der Waals surface area contributed by atoms with Crippen molar-refractivity contribution in [2.45, 2.75) is 19.9 Å². The Kier molecular flexibility index (Phi) is 8.62. The Morgan fingerprint density at radius 3 is 2.28 bits per heavy atom. The van der Waals surface area contributed by atoms with Crippen LogP contribution in [-0.2, 0) is 0 Å². The lowest BCUT2D eigenvalue weighted by atomic mass is 10.0. The highest BCUT2D eigenvalue weighted by molar-refractivity contribution is 7.11. The molecule has 2 amide bonds. The van der Waals surface area contributed by atoms with Gasteiger partial charge in [0.05, 0.1) is 16.4 Å². The van der Waals surface area contributed by atoms with E-state index in [0.29, 0.717) is 57.6 Å². The minimum absolute atomic E-state index is 0.0110. The summed E-state index contributed by atoms with van der Waals surface area (Å²) in [6, 6.07) is 13.1. The van der Waals surface area contributed by atoms with Crippen LogP contribution in [0.25, 0.3) is 17.3 Å².